The number of rotatable bonds is 5. The summed E-state index contributed by atoms with van der Waals surface area (Å²) in [4.78, 5) is 30.1. The molecule has 1 aliphatic rings. The Morgan fingerprint density at radius 1 is 1.21 bits per heavy atom. The van der Waals surface area contributed by atoms with E-state index in [2.05, 4.69) is 4.98 Å². The zero-order valence-electron chi connectivity index (χ0n) is 10.7. The number of carbonyl (C=O) groups is 2. The highest BCUT2D eigenvalue weighted by Gasteiger charge is 2.21. The number of aryl methyl sites for hydroxylation is 1. The number of aromatic nitrogens is 2. The minimum absolute atomic E-state index is 0.0526. The third-order valence-corrected chi connectivity index (χ3v) is 3.23. The van der Waals surface area contributed by atoms with Crippen molar-refractivity contribution in [3.05, 3.63) is 18.7 Å². The molecule has 1 saturated heterocycles. The summed E-state index contributed by atoms with van der Waals surface area (Å²) < 4.78 is 1.87. The normalized spacial score (nSPS) is 16.5. The first-order valence-electron chi connectivity index (χ1n) is 6.33. The van der Waals surface area contributed by atoms with E-state index in [1.807, 2.05) is 15.7 Å². The molecule has 0 unspecified atom stereocenters. The van der Waals surface area contributed by atoms with Crippen LogP contribution in [0, 0.1) is 0 Å². The topological polar surface area (TPSA) is 78.7 Å². The van der Waals surface area contributed by atoms with Crippen molar-refractivity contribution in [1.29, 1.82) is 0 Å². The fourth-order valence-electron chi connectivity index (χ4n) is 2.15. The smallest absolute Gasteiger partial charge is 0.317 e. The predicted octanol–water partition coefficient (Wildman–Crippen LogP) is -0.498. The number of piperazine rings is 1. The molecule has 104 valence electrons. The van der Waals surface area contributed by atoms with Crippen molar-refractivity contribution in [2.45, 2.75) is 13.0 Å². The van der Waals surface area contributed by atoms with Gasteiger partial charge in [-0.15, -0.1) is 0 Å². The first-order valence-corrected chi connectivity index (χ1v) is 6.33. The lowest BCUT2D eigenvalue weighted by molar-refractivity contribution is -0.139. The van der Waals surface area contributed by atoms with Crippen molar-refractivity contribution in [2.24, 2.45) is 0 Å². The molecule has 7 nitrogen and oxygen atoms in total. The zero-order valence-corrected chi connectivity index (χ0v) is 10.7. The Hall–Kier alpha value is -1.89. The molecule has 0 radical (unpaired) electrons. The number of carbonyl (C=O) groups excluding carboxylic acids is 1. The average Bonchev–Trinajstić information content (AvgIpc) is 2.89. The fraction of sp³-hybridized carbons (Fsp3) is 0.583. The van der Waals surface area contributed by atoms with Crippen LogP contribution in [-0.2, 0) is 16.1 Å². The van der Waals surface area contributed by atoms with E-state index in [-0.39, 0.29) is 12.5 Å². The largest absolute Gasteiger partial charge is 0.480 e. The first-order chi connectivity index (χ1) is 9.15. The van der Waals surface area contributed by atoms with Crippen molar-refractivity contribution < 1.29 is 14.7 Å². The minimum Gasteiger partial charge on any atom is -0.480 e. The summed E-state index contributed by atoms with van der Waals surface area (Å²) in [7, 11) is 0. The van der Waals surface area contributed by atoms with Gasteiger partial charge in [0.1, 0.15) is 0 Å². The third kappa shape index (κ3) is 4.06. The lowest BCUT2D eigenvalue weighted by atomic mass is 10.2. The van der Waals surface area contributed by atoms with Gasteiger partial charge in [-0.1, -0.05) is 0 Å². The maximum absolute atomic E-state index is 12.0. The molecular formula is C12H18N4O3. The quantitative estimate of drug-likeness (QED) is 0.777. The molecule has 7 heteroatoms. The van der Waals surface area contributed by atoms with Crippen molar-refractivity contribution in [3.63, 3.8) is 0 Å². The Kier molecular flexibility index (Phi) is 4.51. The van der Waals surface area contributed by atoms with Gasteiger partial charge in [0.2, 0.25) is 5.91 Å². The van der Waals surface area contributed by atoms with Crippen LogP contribution in [0.2, 0.25) is 0 Å². The van der Waals surface area contributed by atoms with E-state index >= 15 is 0 Å². The molecule has 1 fully saturated rings. The number of carboxylic acids is 1. The van der Waals surface area contributed by atoms with Crippen molar-refractivity contribution in [3.8, 4) is 0 Å². The zero-order chi connectivity index (χ0) is 13.7. The van der Waals surface area contributed by atoms with Crippen LogP contribution in [0.3, 0.4) is 0 Å². The second-order valence-corrected chi connectivity index (χ2v) is 4.60. The van der Waals surface area contributed by atoms with Gasteiger partial charge in [-0.2, -0.15) is 0 Å². The van der Waals surface area contributed by atoms with Crippen LogP contribution in [0.25, 0.3) is 0 Å². The molecule has 1 N–H and O–H groups in total. The van der Waals surface area contributed by atoms with Crippen LogP contribution in [0.5, 0.6) is 0 Å². The van der Waals surface area contributed by atoms with Gasteiger partial charge in [0.25, 0.3) is 0 Å². The van der Waals surface area contributed by atoms with E-state index in [1.54, 1.807) is 17.4 Å². The van der Waals surface area contributed by atoms with Gasteiger partial charge in [0.15, 0.2) is 0 Å². The average molecular weight is 266 g/mol. The van der Waals surface area contributed by atoms with E-state index in [4.69, 9.17) is 5.11 Å². The highest BCUT2D eigenvalue weighted by Crippen LogP contribution is 2.04. The summed E-state index contributed by atoms with van der Waals surface area (Å²) in [5.74, 6) is -0.705. The van der Waals surface area contributed by atoms with Crippen molar-refractivity contribution in [2.75, 3.05) is 32.7 Å². The van der Waals surface area contributed by atoms with Gasteiger partial charge in [0.05, 0.1) is 12.9 Å². The monoisotopic (exact) mass is 266 g/mol. The Morgan fingerprint density at radius 3 is 2.53 bits per heavy atom. The Labute approximate surface area is 111 Å². The summed E-state index contributed by atoms with van der Waals surface area (Å²) in [5, 5.41) is 8.70. The van der Waals surface area contributed by atoms with Gasteiger partial charge in [-0.3, -0.25) is 14.5 Å². The maximum atomic E-state index is 12.0. The fourth-order valence-corrected chi connectivity index (χ4v) is 2.15. The van der Waals surface area contributed by atoms with E-state index in [1.165, 1.54) is 0 Å². The number of hydrogen-bond donors (Lipinski definition) is 1. The van der Waals surface area contributed by atoms with Crippen LogP contribution in [0.1, 0.15) is 6.42 Å². The van der Waals surface area contributed by atoms with Gasteiger partial charge in [0, 0.05) is 51.5 Å². The van der Waals surface area contributed by atoms with E-state index in [9.17, 15) is 9.59 Å². The molecule has 0 aromatic carbocycles. The Balaban J connectivity index is 1.71. The van der Waals surface area contributed by atoms with Gasteiger partial charge in [-0.25, -0.2) is 4.98 Å². The summed E-state index contributed by atoms with van der Waals surface area (Å²) in [6.07, 6.45) is 5.67. The number of imidazole rings is 1. The van der Waals surface area contributed by atoms with E-state index in [0.717, 1.165) is 0 Å². The molecule has 0 saturated carbocycles. The molecule has 1 aromatic rings. The lowest BCUT2D eigenvalue weighted by Gasteiger charge is -2.33. The molecular weight excluding hydrogens is 248 g/mol. The molecule has 0 bridgehead atoms. The molecule has 1 aromatic heterocycles. The highest BCUT2D eigenvalue weighted by molar-refractivity contribution is 5.76. The summed E-state index contributed by atoms with van der Waals surface area (Å²) in [6, 6.07) is 0. The van der Waals surface area contributed by atoms with Crippen LogP contribution in [0.15, 0.2) is 18.7 Å². The standard InChI is InChI=1S/C12H18N4O3/c17-11(1-3-15-4-2-13-10-15)16-7-5-14(6-8-16)9-12(18)19/h2,4,10H,1,3,5-9H2,(H,18,19). The minimum atomic E-state index is -0.820. The van der Waals surface area contributed by atoms with Crippen molar-refractivity contribution in [1.82, 2.24) is 19.4 Å². The molecule has 0 spiro atoms. The second-order valence-electron chi connectivity index (χ2n) is 4.60. The predicted molar refractivity (Wildman–Crippen MR) is 67.5 cm³/mol. The molecule has 19 heavy (non-hydrogen) atoms. The summed E-state index contributed by atoms with van der Waals surface area (Å²) >= 11 is 0. The van der Waals surface area contributed by atoms with Gasteiger partial charge in [-0.05, 0) is 0 Å². The number of nitrogens with zero attached hydrogens (tertiary/aromatic N) is 4. The molecule has 2 heterocycles. The molecule has 0 atom stereocenters. The number of amides is 1. The summed E-state index contributed by atoms with van der Waals surface area (Å²) in [5.41, 5.74) is 0. The molecule has 1 amide bonds. The molecule has 2 rings (SSSR count). The highest BCUT2D eigenvalue weighted by atomic mass is 16.4. The van der Waals surface area contributed by atoms with Crippen LogP contribution in [0.4, 0.5) is 0 Å². The van der Waals surface area contributed by atoms with Crippen LogP contribution >= 0.6 is 0 Å². The van der Waals surface area contributed by atoms with Gasteiger partial charge < -0.3 is 14.6 Å². The van der Waals surface area contributed by atoms with Crippen LogP contribution < -0.4 is 0 Å². The van der Waals surface area contributed by atoms with Gasteiger partial charge >= 0.3 is 5.97 Å². The lowest BCUT2D eigenvalue weighted by Crippen LogP contribution is -2.50. The van der Waals surface area contributed by atoms with Crippen LogP contribution in [-0.4, -0.2) is 69.1 Å². The van der Waals surface area contributed by atoms with E-state index < -0.39 is 5.97 Å². The summed E-state index contributed by atoms with van der Waals surface area (Å²) in [6.45, 7) is 3.16. The van der Waals surface area contributed by atoms with E-state index in [0.29, 0.717) is 39.1 Å². The Bertz CT molecular complexity index is 424. The SMILES string of the molecule is O=C(O)CN1CCN(C(=O)CCn2ccnc2)CC1. The Morgan fingerprint density at radius 2 is 1.95 bits per heavy atom. The maximum Gasteiger partial charge on any atom is 0.317 e. The number of aliphatic carboxylic acids is 1. The third-order valence-electron chi connectivity index (χ3n) is 3.23. The first kappa shape index (κ1) is 13.5. The number of hydrogen-bond acceptors (Lipinski definition) is 4. The molecule has 1 aliphatic heterocycles. The van der Waals surface area contributed by atoms with Crippen molar-refractivity contribution >= 4 is 11.9 Å². The number of carboxylic acid groups (broad SMARTS) is 1. The second kappa shape index (κ2) is 6.33. The molecule has 0 aliphatic carbocycles.